The fraction of sp³-hybridized carbons (Fsp3) is 0.950. The molecule has 0 aromatic rings. The van der Waals surface area contributed by atoms with Crippen molar-refractivity contribution in [3.63, 3.8) is 0 Å². The van der Waals surface area contributed by atoms with Crippen LogP contribution < -0.4 is 0 Å². The van der Waals surface area contributed by atoms with E-state index in [1.807, 2.05) is 7.05 Å². The van der Waals surface area contributed by atoms with Crippen LogP contribution in [0.3, 0.4) is 0 Å². The maximum Gasteiger partial charge on any atom is 0.0543 e. The molecule has 0 amide bonds. The van der Waals surface area contributed by atoms with Crippen LogP contribution >= 0.6 is 0 Å². The first-order valence-electron chi connectivity index (χ1n) is 9.59. The minimum atomic E-state index is -0.0196. The summed E-state index contributed by atoms with van der Waals surface area (Å²) in [5, 5.41) is 10.1. The third-order valence-corrected chi connectivity index (χ3v) is 8.54. The minimum Gasteiger partial charge on any atom is -0.393 e. The van der Waals surface area contributed by atoms with Gasteiger partial charge in [-0.15, -0.1) is 0 Å². The highest BCUT2D eigenvalue weighted by molar-refractivity contribution is 5.87. The number of hydrogen-bond donors (Lipinski definition) is 1. The first-order chi connectivity index (χ1) is 10.5. The molecule has 2 nitrogen and oxygen atoms in total. The Hall–Kier alpha value is -0.370. The predicted octanol–water partition coefficient (Wildman–Crippen LogP) is 4.46. The average molecular weight is 303 g/mol. The topological polar surface area (TPSA) is 32.6 Å². The molecule has 124 valence electrons. The minimum absolute atomic E-state index is 0.0196. The van der Waals surface area contributed by atoms with Crippen LogP contribution in [0.15, 0.2) is 4.99 Å². The van der Waals surface area contributed by atoms with Gasteiger partial charge < -0.3 is 5.11 Å². The first kappa shape index (κ1) is 15.2. The van der Waals surface area contributed by atoms with Gasteiger partial charge in [-0.2, -0.15) is 0 Å². The number of nitrogens with zero attached hydrogens (tertiary/aromatic N) is 1. The van der Waals surface area contributed by atoms with Crippen molar-refractivity contribution in [2.24, 2.45) is 39.5 Å². The van der Waals surface area contributed by atoms with E-state index in [1.165, 1.54) is 50.7 Å². The van der Waals surface area contributed by atoms with E-state index in [-0.39, 0.29) is 6.10 Å². The lowest BCUT2D eigenvalue weighted by Crippen LogP contribution is -2.53. The molecule has 2 heteroatoms. The van der Waals surface area contributed by atoms with Gasteiger partial charge in [-0.25, -0.2) is 0 Å². The van der Waals surface area contributed by atoms with Gasteiger partial charge in [0.2, 0.25) is 0 Å². The van der Waals surface area contributed by atoms with Crippen molar-refractivity contribution >= 4 is 5.71 Å². The highest BCUT2D eigenvalue weighted by atomic mass is 16.3. The van der Waals surface area contributed by atoms with E-state index in [0.717, 1.165) is 36.5 Å². The average Bonchev–Trinajstić information content (AvgIpc) is 2.85. The van der Waals surface area contributed by atoms with E-state index in [0.29, 0.717) is 10.8 Å². The van der Waals surface area contributed by atoms with Gasteiger partial charge in [0.25, 0.3) is 0 Å². The van der Waals surface area contributed by atoms with Crippen molar-refractivity contribution in [2.75, 3.05) is 7.05 Å². The van der Waals surface area contributed by atoms with Crippen molar-refractivity contribution in [3.8, 4) is 0 Å². The second kappa shape index (κ2) is 5.06. The van der Waals surface area contributed by atoms with Gasteiger partial charge >= 0.3 is 0 Å². The summed E-state index contributed by atoms with van der Waals surface area (Å²) >= 11 is 0. The highest BCUT2D eigenvalue weighted by Crippen LogP contribution is 2.65. The smallest absolute Gasteiger partial charge is 0.0543 e. The van der Waals surface area contributed by atoms with Crippen molar-refractivity contribution in [1.29, 1.82) is 0 Å². The highest BCUT2D eigenvalue weighted by Gasteiger charge is 2.58. The van der Waals surface area contributed by atoms with E-state index in [4.69, 9.17) is 0 Å². The Morgan fingerprint density at radius 2 is 1.86 bits per heavy atom. The molecule has 4 fully saturated rings. The van der Waals surface area contributed by atoms with Crippen molar-refractivity contribution < 1.29 is 5.11 Å². The maximum atomic E-state index is 10.1. The van der Waals surface area contributed by atoms with Crippen LogP contribution in [0.2, 0.25) is 0 Å². The Labute approximate surface area is 135 Å². The molecule has 4 aliphatic carbocycles. The Morgan fingerprint density at radius 3 is 2.64 bits per heavy atom. The quantitative estimate of drug-likeness (QED) is 0.704. The normalized spacial score (nSPS) is 56.4. The summed E-state index contributed by atoms with van der Waals surface area (Å²) in [5.74, 6) is 3.50. The lowest BCUT2D eigenvalue weighted by molar-refractivity contribution is -0.120. The summed E-state index contributed by atoms with van der Waals surface area (Å²) in [7, 11) is 1.99. The van der Waals surface area contributed by atoms with Crippen LogP contribution in [-0.4, -0.2) is 24.0 Å². The zero-order valence-corrected chi connectivity index (χ0v) is 14.6. The van der Waals surface area contributed by atoms with Gasteiger partial charge in [-0.05, 0) is 92.3 Å². The Morgan fingerprint density at radius 1 is 1.05 bits per heavy atom. The second-order valence-electron chi connectivity index (χ2n) is 9.45. The monoisotopic (exact) mass is 303 g/mol. The van der Waals surface area contributed by atoms with Crippen LogP contribution in [0.25, 0.3) is 0 Å². The fourth-order valence-corrected chi connectivity index (χ4v) is 7.21. The molecule has 0 aromatic heterocycles. The van der Waals surface area contributed by atoms with Crippen LogP contribution in [-0.2, 0) is 0 Å². The van der Waals surface area contributed by atoms with E-state index in [9.17, 15) is 5.11 Å². The number of aliphatic hydroxyl groups is 1. The molecule has 7 atom stereocenters. The summed E-state index contributed by atoms with van der Waals surface area (Å²) in [6, 6.07) is 0. The summed E-state index contributed by atoms with van der Waals surface area (Å²) in [4.78, 5) is 4.59. The third-order valence-electron chi connectivity index (χ3n) is 8.54. The molecule has 22 heavy (non-hydrogen) atoms. The molecule has 7 unspecified atom stereocenters. The van der Waals surface area contributed by atoms with Crippen LogP contribution in [0.4, 0.5) is 0 Å². The largest absolute Gasteiger partial charge is 0.393 e. The molecular weight excluding hydrogens is 270 g/mol. The zero-order chi connectivity index (χ0) is 15.5. The number of aliphatic hydroxyl groups excluding tert-OH is 1. The van der Waals surface area contributed by atoms with Crippen molar-refractivity contribution in [3.05, 3.63) is 0 Å². The zero-order valence-electron chi connectivity index (χ0n) is 14.6. The molecule has 0 aliphatic heterocycles. The summed E-state index contributed by atoms with van der Waals surface area (Å²) in [6.45, 7) is 5.12. The third kappa shape index (κ3) is 2.05. The van der Waals surface area contributed by atoms with Gasteiger partial charge in [-0.3, -0.25) is 4.99 Å². The number of hydrogen-bond acceptors (Lipinski definition) is 2. The van der Waals surface area contributed by atoms with Crippen molar-refractivity contribution in [2.45, 2.75) is 77.7 Å². The molecule has 4 aliphatic rings. The van der Waals surface area contributed by atoms with Gasteiger partial charge in [0, 0.05) is 12.8 Å². The molecule has 0 bridgehead atoms. The number of fused-ring (bicyclic) bond motifs is 5. The Balaban J connectivity index is 1.62. The predicted molar refractivity (Wildman–Crippen MR) is 91.1 cm³/mol. The van der Waals surface area contributed by atoms with Crippen LogP contribution in [0, 0.1) is 34.5 Å². The van der Waals surface area contributed by atoms with Crippen molar-refractivity contribution in [1.82, 2.24) is 0 Å². The molecule has 0 heterocycles. The molecule has 0 radical (unpaired) electrons. The molecule has 0 saturated heterocycles. The molecular formula is C20H33NO. The standard InChI is InChI=1S/C20H33NO/c1-19-8-7-17-16(18(19)11-14(12-19)21-3)5-4-13-10-15(22)6-9-20(13,17)2/h13,15-18,22H,4-12H2,1-3H3. The second-order valence-corrected chi connectivity index (χ2v) is 9.45. The van der Waals surface area contributed by atoms with E-state index >= 15 is 0 Å². The number of aliphatic imine (C=N–C) groups is 1. The Kier molecular flexibility index (Phi) is 3.49. The molecule has 0 aromatic carbocycles. The summed E-state index contributed by atoms with van der Waals surface area (Å²) < 4.78 is 0. The lowest BCUT2D eigenvalue weighted by Gasteiger charge is -2.60. The molecule has 0 spiro atoms. The SMILES string of the molecule is CN=C1CC2C3CCC4CC(O)CCC4(C)C3CCC2(C)C1. The number of rotatable bonds is 0. The fourth-order valence-electron chi connectivity index (χ4n) is 7.21. The summed E-state index contributed by atoms with van der Waals surface area (Å²) in [5.41, 5.74) is 2.53. The van der Waals surface area contributed by atoms with E-state index in [2.05, 4.69) is 18.8 Å². The maximum absolute atomic E-state index is 10.1. The molecule has 4 saturated carbocycles. The van der Waals surface area contributed by atoms with Gasteiger partial charge in [0.15, 0.2) is 0 Å². The molecule has 1 N–H and O–H groups in total. The van der Waals surface area contributed by atoms with E-state index < -0.39 is 0 Å². The Bertz CT molecular complexity index is 486. The van der Waals surface area contributed by atoms with E-state index in [1.54, 1.807) is 0 Å². The van der Waals surface area contributed by atoms with Crippen LogP contribution in [0.5, 0.6) is 0 Å². The van der Waals surface area contributed by atoms with Gasteiger partial charge in [-0.1, -0.05) is 13.8 Å². The molecule has 4 rings (SSSR count). The van der Waals surface area contributed by atoms with Gasteiger partial charge in [0.05, 0.1) is 6.10 Å². The first-order valence-corrected chi connectivity index (χ1v) is 9.59. The lowest BCUT2D eigenvalue weighted by atomic mass is 9.45. The van der Waals surface area contributed by atoms with Gasteiger partial charge in [0.1, 0.15) is 0 Å². The summed E-state index contributed by atoms with van der Waals surface area (Å²) in [6.07, 6.45) is 11.5. The van der Waals surface area contributed by atoms with Crippen LogP contribution in [0.1, 0.15) is 71.6 Å².